The molecule has 0 atom stereocenters. The second-order valence-electron chi connectivity index (χ2n) is 2.37. The van der Waals surface area contributed by atoms with E-state index in [4.69, 9.17) is 5.73 Å². The van der Waals surface area contributed by atoms with Crippen LogP contribution in [0.15, 0.2) is 12.3 Å². The number of nitrogen functional groups attached to an aromatic ring is 1. The summed E-state index contributed by atoms with van der Waals surface area (Å²) in [7, 11) is 0. The van der Waals surface area contributed by atoms with E-state index < -0.39 is 11.9 Å². The Labute approximate surface area is 67.2 Å². The van der Waals surface area contributed by atoms with Gasteiger partial charge in [0.2, 0.25) is 0 Å². The fourth-order valence-corrected chi connectivity index (χ4v) is 0.836. The molecule has 1 aromatic rings. The topological polar surface area (TPSA) is 38.9 Å². The molecule has 1 rings (SSSR count). The highest BCUT2D eigenvalue weighted by Crippen LogP contribution is 2.31. The highest BCUT2D eigenvalue weighted by atomic mass is 19.4. The molecule has 0 aromatic carbocycles. The van der Waals surface area contributed by atoms with E-state index in [9.17, 15) is 13.2 Å². The van der Waals surface area contributed by atoms with E-state index in [2.05, 4.69) is 4.98 Å². The number of rotatable bonds is 0. The minimum absolute atomic E-state index is 0.0231. The standard InChI is InChI=1S/C7H7F3N2/c1-4-5(11)2-3-12-6(4)7(8,9)10/h2-3H,1H3,(H2,11,12). The third kappa shape index (κ3) is 1.49. The fraction of sp³-hybridized carbons (Fsp3) is 0.286. The SMILES string of the molecule is Cc1c(N)ccnc1C(F)(F)F. The molecule has 0 aliphatic carbocycles. The van der Waals surface area contributed by atoms with Gasteiger partial charge in [0, 0.05) is 17.4 Å². The predicted octanol–water partition coefficient (Wildman–Crippen LogP) is 1.99. The summed E-state index contributed by atoms with van der Waals surface area (Å²) in [6.07, 6.45) is -3.37. The first-order valence-corrected chi connectivity index (χ1v) is 3.21. The predicted molar refractivity (Wildman–Crippen MR) is 38.4 cm³/mol. The number of hydrogen-bond donors (Lipinski definition) is 1. The smallest absolute Gasteiger partial charge is 0.398 e. The van der Waals surface area contributed by atoms with Gasteiger partial charge in [-0.2, -0.15) is 13.2 Å². The first-order valence-electron chi connectivity index (χ1n) is 3.21. The van der Waals surface area contributed by atoms with Crippen LogP contribution in [-0.2, 0) is 6.18 Å². The molecule has 0 amide bonds. The maximum Gasteiger partial charge on any atom is 0.433 e. The van der Waals surface area contributed by atoms with Crippen LogP contribution in [0.3, 0.4) is 0 Å². The molecule has 0 fully saturated rings. The van der Waals surface area contributed by atoms with E-state index in [1.807, 2.05) is 0 Å². The number of nitrogens with zero attached hydrogens (tertiary/aromatic N) is 1. The van der Waals surface area contributed by atoms with Crippen LogP contribution in [-0.4, -0.2) is 4.98 Å². The van der Waals surface area contributed by atoms with Crippen LogP contribution in [0.2, 0.25) is 0 Å². The average molecular weight is 176 g/mol. The Balaban J connectivity index is 3.26. The van der Waals surface area contributed by atoms with E-state index in [0.29, 0.717) is 0 Å². The lowest BCUT2D eigenvalue weighted by molar-refractivity contribution is -0.141. The van der Waals surface area contributed by atoms with Crippen LogP contribution in [0.5, 0.6) is 0 Å². The third-order valence-electron chi connectivity index (χ3n) is 1.51. The monoisotopic (exact) mass is 176 g/mol. The first kappa shape index (κ1) is 8.83. The Morgan fingerprint density at radius 2 is 2.00 bits per heavy atom. The molecule has 1 aromatic heterocycles. The van der Waals surface area contributed by atoms with Crippen molar-refractivity contribution in [2.45, 2.75) is 13.1 Å². The lowest BCUT2D eigenvalue weighted by Gasteiger charge is -2.09. The van der Waals surface area contributed by atoms with Gasteiger partial charge in [0.05, 0.1) is 0 Å². The second kappa shape index (κ2) is 2.66. The van der Waals surface area contributed by atoms with Crippen LogP contribution in [0.4, 0.5) is 18.9 Å². The van der Waals surface area contributed by atoms with Crippen molar-refractivity contribution in [2.24, 2.45) is 0 Å². The first-order chi connectivity index (χ1) is 5.43. The van der Waals surface area contributed by atoms with Crippen molar-refractivity contribution in [3.05, 3.63) is 23.5 Å². The van der Waals surface area contributed by atoms with Gasteiger partial charge in [0.25, 0.3) is 0 Å². The zero-order chi connectivity index (χ0) is 9.35. The molecule has 0 aliphatic heterocycles. The zero-order valence-corrected chi connectivity index (χ0v) is 6.31. The number of hydrogen-bond acceptors (Lipinski definition) is 2. The molecule has 0 radical (unpaired) electrons. The summed E-state index contributed by atoms with van der Waals surface area (Å²) in [6, 6.07) is 1.34. The van der Waals surface area contributed by atoms with Gasteiger partial charge in [-0.25, -0.2) is 0 Å². The summed E-state index contributed by atoms with van der Waals surface area (Å²) in [6.45, 7) is 1.30. The quantitative estimate of drug-likeness (QED) is 0.656. The Morgan fingerprint density at radius 3 is 2.42 bits per heavy atom. The number of nitrogens with two attached hydrogens (primary N) is 1. The molecular formula is C7H7F3N2. The van der Waals surface area contributed by atoms with E-state index in [1.165, 1.54) is 13.0 Å². The Hall–Kier alpha value is -1.26. The van der Waals surface area contributed by atoms with Gasteiger partial charge in [-0.3, -0.25) is 4.98 Å². The molecule has 5 heteroatoms. The molecule has 0 unspecified atom stereocenters. The van der Waals surface area contributed by atoms with E-state index in [1.54, 1.807) is 0 Å². The number of aromatic nitrogens is 1. The van der Waals surface area contributed by atoms with Gasteiger partial charge in [0.15, 0.2) is 0 Å². The summed E-state index contributed by atoms with van der Waals surface area (Å²) >= 11 is 0. The summed E-state index contributed by atoms with van der Waals surface area (Å²) < 4.78 is 36.3. The lowest BCUT2D eigenvalue weighted by Crippen LogP contribution is -2.11. The minimum Gasteiger partial charge on any atom is -0.398 e. The van der Waals surface area contributed by atoms with E-state index in [0.717, 1.165) is 6.20 Å². The van der Waals surface area contributed by atoms with Crippen molar-refractivity contribution in [1.29, 1.82) is 0 Å². The molecule has 0 bridgehead atoms. The Bertz CT molecular complexity index is 293. The van der Waals surface area contributed by atoms with Crippen LogP contribution < -0.4 is 5.73 Å². The number of pyridine rings is 1. The largest absolute Gasteiger partial charge is 0.433 e. The van der Waals surface area contributed by atoms with Crippen molar-refractivity contribution in [3.8, 4) is 0 Å². The fourth-order valence-electron chi connectivity index (χ4n) is 0.836. The van der Waals surface area contributed by atoms with Gasteiger partial charge >= 0.3 is 6.18 Å². The van der Waals surface area contributed by atoms with Crippen molar-refractivity contribution >= 4 is 5.69 Å². The third-order valence-corrected chi connectivity index (χ3v) is 1.51. The molecule has 2 nitrogen and oxygen atoms in total. The van der Waals surface area contributed by atoms with Crippen LogP contribution in [0, 0.1) is 6.92 Å². The molecule has 66 valence electrons. The number of halogens is 3. The van der Waals surface area contributed by atoms with Crippen molar-refractivity contribution < 1.29 is 13.2 Å². The molecule has 0 saturated heterocycles. The van der Waals surface area contributed by atoms with Crippen molar-refractivity contribution in [1.82, 2.24) is 4.98 Å². The molecule has 2 N–H and O–H groups in total. The molecule has 0 spiro atoms. The number of anilines is 1. The minimum atomic E-state index is -4.42. The van der Waals surface area contributed by atoms with Crippen molar-refractivity contribution in [3.63, 3.8) is 0 Å². The Kier molecular flexibility index (Phi) is 1.95. The lowest BCUT2D eigenvalue weighted by atomic mass is 10.2. The van der Waals surface area contributed by atoms with Crippen LogP contribution in [0.1, 0.15) is 11.3 Å². The molecule has 1 heterocycles. The second-order valence-corrected chi connectivity index (χ2v) is 2.37. The van der Waals surface area contributed by atoms with Crippen molar-refractivity contribution in [2.75, 3.05) is 5.73 Å². The molecule has 0 aliphatic rings. The normalized spacial score (nSPS) is 11.7. The van der Waals surface area contributed by atoms with E-state index in [-0.39, 0.29) is 11.3 Å². The highest BCUT2D eigenvalue weighted by Gasteiger charge is 2.34. The average Bonchev–Trinajstić information content (AvgIpc) is 1.92. The molecule has 12 heavy (non-hydrogen) atoms. The van der Waals surface area contributed by atoms with Gasteiger partial charge in [-0.1, -0.05) is 0 Å². The maximum atomic E-state index is 12.1. The summed E-state index contributed by atoms with van der Waals surface area (Å²) in [5.74, 6) is 0. The summed E-state index contributed by atoms with van der Waals surface area (Å²) in [5, 5.41) is 0. The Morgan fingerprint density at radius 1 is 1.42 bits per heavy atom. The molecule has 0 saturated carbocycles. The highest BCUT2D eigenvalue weighted by molar-refractivity contribution is 5.47. The maximum absolute atomic E-state index is 12.1. The van der Waals surface area contributed by atoms with Crippen LogP contribution in [0.25, 0.3) is 0 Å². The summed E-state index contributed by atoms with van der Waals surface area (Å²) in [5.41, 5.74) is 4.45. The van der Waals surface area contributed by atoms with Gasteiger partial charge in [0.1, 0.15) is 5.69 Å². The zero-order valence-electron chi connectivity index (χ0n) is 6.31. The van der Waals surface area contributed by atoms with E-state index >= 15 is 0 Å². The molecular weight excluding hydrogens is 169 g/mol. The van der Waals surface area contributed by atoms with Crippen LogP contribution >= 0.6 is 0 Å². The number of alkyl halides is 3. The van der Waals surface area contributed by atoms with Gasteiger partial charge in [-0.05, 0) is 13.0 Å². The van der Waals surface area contributed by atoms with Gasteiger partial charge in [-0.15, -0.1) is 0 Å². The van der Waals surface area contributed by atoms with Gasteiger partial charge < -0.3 is 5.73 Å². The summed E-state index contributed by atoms with van der Waals surface area (Å²) in [4.78, 5) is 3.21.